The maximum atomic E-state index is 12.1. The summed E-state index contributed by atoms with van der Waals surface area (Å²) in [5, 5.41) is 0. The molecule has 1 aromatic carbocycles. The lowest BCUT2D eigenvalue weighted by molar-refractivity contribution is 0.464. The molecule has 1 unspecified atom stereocenters. The second kappa shape index (κ2) is 3.88. The zero-order chi connectivity index (χ0) is 11.9. The minimum absolute atomic E-state index is 0.299. The monoisotopic (exact) mass is 238 g/mol. The fraction of sp³-hybridized carbons (Fsp3) is 0.538. The molecule has 3 heteroatoms. The number of aryl methyl sites for hydroxylation is 1. The van der Waals surface area contributed by atoms with Crippen LogP contribution in [0.3, 0.4) is 0 Å². The van der Waals surface area contributed by atoms with Crippen LogP contribution in [0.25, 0.3) is 0 Å². The average molecular weight is 238 g/mol. The van der Waals surface area contributed by atoms with Crippen molar-refractivity contribution in [3.63, 3.8) is 0 Å². The number of rotatable bonds is 1. The van der Waals surface area contributed by atoms with E-state index in [1.807, 2.05) is 25.1 Å². The van der Waals surface area contributed by atoms with E-state index in [1.165, 1.54) is 0 Å². The molecule has 2 nitrogen and oxygen atoms in total. The Kier molecular flexibility index (Phi) is 2.82. The van der Waals surface area contributed by atoms with Gasteiger partial charge in [-0.05, 0) is 36.3 Å². The molecule has 1 aliphatic heterocycles. The first-order valence-electron chi connectivity index (χ1n) is 5.76. The first-order chi connectivity index (χ1) is 7.43. The molecule has 0 saturated heterocycles. The number of fused-ring (bicyclic) bond motifs is 1. The van der Waals surface area contributed by atoms with Crippen molar-refractivity contribution in [3.05, 3.63) is 29.3 Å². The third kappa shape index (κ3) is 1.77. The van der Waals surface area contributed by atoms with Crippen molar-refractivity contribution in [2.75, 3.05) is 5.75 Å². The molecule has 1 aromatic rings. The number of benzene rings is 1. The summed E-state index contributed by atoms with van der Waals surface area (Å²) in [5.41, 5.74) is 1.92. The second-order valence-electron chi connectivity index (χ2n) is 4.95. The van der Waals surface area contributed by atoms with E-state index in [0.29, 0.717) is 22.5 Å². The van der Waals surface area contributed by atoms with Gasteiger partial charge >= 0.3 is 0 Å². The summed E-state index contributed by atoms with van der Waals surface area (Å²) in [6.07, 6.45) is 0.760. The van der Waals surface area contributed by atoms with E-state index in [2.05, 4.69) is 13.8 Å². The fourth-order valence-corrected chi connectivity index (χ4v) is 4.53. The minimum Gasteiger partial charge on any atom is -0.224 e. The zero-order valence-corrected chi connectivity index (χ0v) is 10.8. The molecule has 1 atom stereocenters. The molecule has 1 heterocycles. The smallest absolute Gasteiger partial charge is 0.178 e. The third-order valence-electron chi connectivity index (χ3n) is 3.46. The highest BCUT2D eigenvalue weighted by atomic mass is 32.2. The third-order valence-corrected chi connectivity index (χ3v) is 5.41. The van der Waals surface area contributed by atoms with E-state index < -0.39 is 9.84 Å². The lowest BCUT2D eigenvalue weighted by Gasteiger charge is -2.29. The normalized spacial score (nSPS) is 23.1. The Morgan fingerprint density at radius 3 is 2.62 bits per heavy atom. The van der Waals surface area contributed by atoms with Gasteiger partial charge in [0.1, 0.15) is 0 Å². The van der Waals surface area contributed by atoms with Gasteiger partial charge in [0.15, 0.2) is 9.84 Å². The molecule has 0 N–H and O–H groups in total. The molecule has 0 aliphatic carbocycles. The summed E-state index contributed by atoms with van der Waals surface area (Å²) in [4.78, 5) is 0.597. The number of hydrogen-bond donors (Lipinski definition) is 0. The van der Waals surface area contributed by atoms with Gasteiger partial charge in [0.05, 0.1) is 10.6 Å². The van der Waals surface area contributed by atoms with E-state index in [1.54, 1.807) is 0 Å². The first-order valence-corrected chi connectivity index (χ1v) is 7.41. The van der Waals surface area contributed by atoms with Crippen LogP contribution in [0.1, 0.15) is 37.3 Å². The highest BCUT2D eigenvalue weighted by Gasteiger charge is 2.32. The fourth-order valence-electron chi connectivity index (χ4n) is 2.62. The lowest BCUT2D eigenvalue weighted by Crippen LogP contribution is -2.23. The van der Waals surface area contributed by atoms with E-state index in [9.17, 15) is 8.42 Å². The minimum atomic E-state index is -3.04. The van der Waals surface area contributed by atoms with Crippen LogP contribution in [0, 0.1) is 12.8 Å². The van der Waals surface area contributed by atoms with Crippen molar-refractivity contribution >= 4 is 9.84 Å². The maximum Gasteiger partial charge on any atom is 0.178 e. The molecule has 88 valence electrons. The van der Waals surface area contributed by atoms with Crippen LogP contribution in [-0.2, 0) is 9.84 Å². The van der Waals surface area contributed by atoms with Crippen molar-refractivity contribution in [3.8, 4) is 0 Å². The predicted octanol–water partition coefficient (Wildman–Crippen LogP) is 2.91. The average Bonchev–Trinajstić information content (AvgIpc) is 2.16. The second-order valence-corrected chi connectivity index (χ2v) is 7.00. The molecule has 0 aromatic heterocycles. The summed E-state index contributed by atoms with van der Waals surface area (Å²) in [5.74, 6) is 1.18. The van der Waals surface area contributed by atoms with Crippen molar-refractivity contribution in [2.24, 2.45) is 5.92 Å². The molecular formula is C13H18O2S. The topological polar surface area (TPSA) is 34.1 Å². The lowest BCUT2D eigenvalue weighted by atomic mass is 9.85. The first kappa shape index (κ1) is 11.6. The largest absolute Gasteiger partial charge is 0.224 e. The Morgan fingerprint density at radius 1 is 1.31 bits per heavy atom. The summed E-state index contributed by atoms with van der Waals surface area (Å²) >= 11 is 0. The Hall–Kier alpha value is -0.830. The van der Waals surface area contributed by atoms with Gasteiger partial charge in [-0.25, -0.2) is 8.42 Å². The van der Waals surface area contributed by atoms with Gasteiger partial charge in [-0.2, -0.15) is 0 Å². The van der Waals surface area contributed by atoms with Crippen molar-refractivity contribution in [2.45, 2.75) is 38.0 Å². The molecule has 0 fully saturated rings. The number of hydrogen-bond acceptors (Lipinski definition) is 2. The van der Waals surface area contributed by atoms with Crippen LogP contribution in [-0.4, -0.2) is 14.2 Å². The Morgan fingerprint density at radius 2 is 2.00 bits per heavy atom. The Bertz CT molecular complexity index is 501. The number of sulfone groups is 1. The van der Waals surface area contributed by atoms with Crippen molar-refractivity contribution in [1.82, 2.24) is 0 Å². The molecule has 1 aliphatic rings. The maximum absolute atomic E-state index is 12.1. The van der Waals surface area contributed by atoms with Gasteiger partial charge in [0.2, 0.25) is 0 Å². The van der Waals surface area contributed by atoms with Gasteiger partial charge in [-0.3, -0.25) is 0 Å². The van der Waals surface area contributed by atoms with Crippen LogP contribution in [0.5, 0.6) is 0 Å². The molecule has 0 radical (unpaired) electrons. The summed E-state index contributed by atoms with van der Waals surface area (Å²) < 4.78 is 24.1. The van der Waals surface area contributed by atoms with E-state index in [4.69, 9.17) is 0 Å². The van der Waals surface area contributed by atoms with Gasteiger partial charge in [-0.1, -0.05) is 32.0 Å². The standard InChI is InChI=1S/C13H18O2S/c1-9(2)11-7-8-16(14,15)13-10(3)5-4-6-12(11)13/h4-6,9,11H,7-8H2,1-3H3. The molecule has 0 spiro atoms. The molecule has 0 bridgehead atoms. The van der Waals surface area contributed by atoms with Crippen LogP contribution in [0.4, 0.5) is 0 Å². The Balaban J connectivity index is 2.67. The molecule has 0 saturated carbocycles. The van der Waals surface area contributed by atoms with Crippen LogP contribution < -0.4 is 0 Å². The Labute approximate surface area is 97.6 Å². The van der Waals surface area contributed by atoms with Crippen LogP contribution in [0.2, 0.25) is 0 Å². The SMILES string of the molecule is Cc1cccc2c1S(=O)(=O)CCC2C(C)C. The van der Waals surface area contributed by atoms with E-state index >= 15 is 0 Å². The van der Waals surface area contributed by atoms with E-state index in [-0.39, 0.29) is 0 Å². The highest BCUT2D eigenvalue weighted by molar-refractivity contribution is 7.91. The summed E-state index contributed by atoms with van der Waals surface area (Å²) in [6, 6.07) is 5.83. The van der Waals surface area contributed by atoms with Gasteiger partial charge < -0.3 is 0 Å². The van der Waals surface area contributed by atoms with Gasteiger partial charge in [0.25, 0.3) is 0 Å². The van der Waals surface area contributed by atoms with E-state index in [0.717, 1.165) is 17.5 Å². The van der Waals surface area contributed by atoms with Gasteiger partial charge in [0, 0.05) is 0 Å². The molecule has 2 rings (SSSR count). The van der Waals surface area contributed by atoms with Crippen LogP contribution >= 0.6 is 0 Å². The zero-order valence-electron chi connectivity index (χ0n) is 10.0. The molecule has 16 heavy (non-hydrogen) atoms. The molecular weight excluding hydrogens is 220 g/mol. The van der Waals surface area contributed by atoms with Crippen LogP contribution in [0.15, 0.2) is 23.1 Å². The highest BCUT2D eigenvalue weighted by Crippen LogP contribution is 2.39. The summed E-state index contributed by atoms with van der Waals surface area (Å²) in [7, 11) is -3.04. The van der Waals surface area contributed by atoms with Crippen molar-refractivity contribution in [1.29, 1.82) is 0 Å². The predicted molar refractivity (Wildman–Crippen MR) is 65.4 cm³/mol. The molecule has 0 amide bonds. The van der Waals surface area contributed by atoms with Crippen molar-refractivity contribution < 1.29 is 8.42 Å². The quantitative estimate of drug-likeness (QED) is 0.754. The van der Waals surface area contributed by atoms with Gasteiger partial charge in [-0.15, -0.1) is 0 Å². The summed E-state index contributed by atoms with van der Waals surface area (Å²) in [6.45, 7) is 6.21.